The first-order valence-corrected chi connectivity index (χ1v) is 13.0. The second-order valence-electron chi connectivity index (χ2n) is 9.90. The van der Waals surface area contributed by atoms with Gasteiger partial charge in [0.2, 0.25) is 0 Å². The standard InChI is InChI=1S/C28H30FN7O2/c1-18-27(33-34-36(18)23-9-11-30-12-10-23)21-13-25(38-26(17-37-2)24-8-7-22(29)15-31-24)28-20(6-5-19-3-4-19)14-32-35(28)16-21/h7-8,13-16,19,23,26,30H,3-4,9-12,17H2,1-2H3. The molecule has 1 saturated carbocycles. The number of hydrogen-bond acceptors (Lipinski definition) is 7. The Morgan fingerprint density at radius 2 is 2.03 bits per heavy atom. The van der Waals surface area contributed by atoms with Crippen LogP contribution in [0.5, 0.6) is 5.75 Å². The number of fused-ring (bicyclic) bond motifs is 1. The van der Waals surface area contributed by atoms with Gasteiger partial charge in [-0.2, -0.15) is 5.10 Å². The van der Waals surface area contributed by atoms with Gasteiger partial charge in [0.1, 0.15) is 22.8 Å². The monoisotopic (exact) mass is 515 g/mol. The van der Waals surface area contributed by atoms with E-state index in [0.717, 1.165) is 66.8 Å². The van der Waals surface area contributed by atoms with Crippen LogP contribution < -0.4 is 10.1 Å². The number of ether oxygens (including phenoxy) is 2. The quantitative estimate of drug-likeness (QED) is 0.374. The zero-order valence-corrected chi connectivity index (χ0v) is 21.5. The highest BCUT2D eigenvalue weighted by atomic mass is 19.1. The van der Waals surface area contributed by atoms with Crippen LogP contribution in [0.1, 0.15) is 54.8 Å². The van der Waals surface area contributed by atoms with E-state index < -0.39 is 11.9 Å². The summed E-state index contributed by atoms with van der Waals surface area (Å²) in [6.07, 6.45) is 8.63. The van der Waals surface area contributed by atoms with Crippen LogP contribution in [0.25, 0.3) is 16.8 Å². The van der Waals surface area contributed by atoms with E-state index in [1.54, 1.807) is 23.9 Å². The number of aromatic nitrogens is 6. The minimum absolute atomic E-state index is 0.233. The highest BCUT2D eigenvalue weighted by molar-refractivity contribution is 5.75. The molecule has 4 aromatic heterocycles. The summed E-state index contributed by atoms with van der Waals surface area (Å²) in [4.78, 5) is 4.24. The third-order valence-electron chi connectivity index (χ3n) is 7.09. The van der Waals surface area contributed by atoms with Gasteiger partial charge in [0.05, 0.1) is 42.0 Å². The van der Waals surface area contributed by atoms with Gasteiger partial charge in [-0.05, 0) is 63.9 Å². The summed E-state index contributed by atoms with van der Waals surface area (Å²) >= 11 is 0. The fourth-order valence-corrected chi connectivity index (χ4v) is 4.87. The molecule has 2 aliphatic rings. The van der Waals surface area contributed by atoms with Crippen molar-refractivity contribution in [2.45, 2.75) is 44.8 Å². The van der Waals surface area contributed by atoms with Crippen LogP contribution in [0.2, 0.25) is 0 Å². The van der Waals surface area contributed by atoms with Crippen molar-refractivity contribution in [3.05, 3.63) is 59.6 Å². The average Bonchev–Trinajstić information content (AvgIpc) is 3.55. The van der Waals surface area contributed by atoms with Gasteiger partial charge in [0.25, 0.3) is 0 Å². The molecule has 196 valence electrons. The first-order chi connectivity index (χ1) is 18.6. The third kappa shape index (κ3) is 4.99. The van der Waals surface area contributed by atoms with E-state index in [0.29, 0.717) is 23.4 Å². The van der Waals surface area contributed by atoms with Gasteiger partial charge in [-0.1, -0.05) is 17.1 Å². The number of hydrogen-bond donors (Lipinski definition) is 1. The molecule has 0 spiro atoms. The molecule has 1 saturated heterocycles. The number of methoxy groups -OCH3 is 1. The third-order valence-corrected chi connectivity index (χ3v) is 7.09. The second kappa shape index (κ2) is 10.5. The predicted molar refractivity (Wildman–Crippen MR) is 139 cm³/mol. The summed E-state index contributed by atoms with van der Waals surface area (Å²) in [6.45, 7) is 4.23. The van der Waals surface area contributed by atoms with Crippen LogP contribution in [0.3, 0.4) is 0 Å². The summed E-state index contributed by atoms with van der Waals surface area (Å²) in [6, 6.07) is 5.25. The van der Waals surface area contributed by atoms with Gasteiger partial charge in [0.15, 0.2) is 6.10 Å². The number of rotatable bonds is 7. The van der Waals surface area contributed by atoms with Crippen molar-refractivity contribution in [2.75, 3.05) is 26.8 Å². The molecule has 1 N–H and O–H groups in total. The molecule has 6 rings (SSSR count). The van der Waals surface area contributed by atoms with E-state index >= 15 is 0 Å². The van der Waals surface area contributed by atoms with Gasteiger partial charge in [0, 0.05) is 24.8 Å². The molecule has 5 heterocycles. The van der Waals surface area contributed by atoms with Crippen LogP contribution in [0.4, 0.5) is 4.39 Å². The predicted octanol–water partition coefficient (Wildman–Crippen LogP) is 3.89. The van der Waals surface area contributed by atoms with Gasteiger partial charge in [-0.3, -0.25) is 4.98 Å². The Hall–Kier alpha value is -3.81. The number of piperidine rings is 1. The van der Waals surface area contributed by atoms with E-state index in [9.17, 15) is 4.39 Å². The number of nitrogens with zero attached hydrogens (tertiary/aromatic N) is 6. The average molecular weight is 516 g/mol. The Morgan fingerprint density at radius 1 is 1.18 bits per heavy atom. The lowest BCUT2D eigenvalue weighted by Gasteiger charge is -2.23. The smallest absolute Gasteiger partial charge is 0.164 e. The van der Waals surface area contributed by atoms with Gasteiger partial charge in [-0.15, -0.1) is 5.10 Å². The molecule has 0 aromatic carbocycles. The first-order valence-electron chi connectivity index (χ1n) is 13.0. The summed E-state index contributed by atoms with van der Waals surface area (Å²) < 4.78 is 29.4. The summed E-state index contributed by atoms with van der Waals surface area (Å²) in [7, 11) is 1.60. The summed E-state index contributed by atoms with van der Waals surface area (Å²) in [5.74, 6) is 7.23. The highest BCUT2D eigenvalue weighted by Gasteiger charge is 2.24. The SMILES string of the molecule is COCC(Oc1cc(-c2nnn(C3CCNCC3)c2C)cn2ncc(C#CC3CC3)c12)c1ccc(F)cn1. The lowest BCUT2D eigenvalue weighted by molar-refractivity contribution is 0.0791. The lowest BCUT2D eigenvalue weighted by Crippen LogP contribution is -2.30. The first kappa shape index (κ1) is 24.5. The molecular formula is C28H30FN7O2. The van der Waals surface area contributed by atoms with Crippen LogP contribution in [-0.4, -0.2) is 56.4 Å². The van der Waals surface area contributed by atoms with Crippen LogP contribution in [0, 0.1) is 30.5 Å². The maximum atomic E-state index is 13.6. The fraction of sp³-hybridized carbons (Fsp3) is 0.429. The zero-order valence-electron chi connectivity index (χ0n) is 21.5. The van der Waals surface area contributed by atoms with E-state index in [1.165, 1.54) is 12.3 Å². The van der Waals surface area contributed by atoms with E-state index in [-0.39, 0.29) is 6.61 Å². The minimum atomic E-state index is -0.565. The van der Waals surface area contributed by atoms with E-state index in [2.05, 4.69) is 37.6 Å². The molecule has 0 radical (unpaired) electrons. The molecule has 1 unspecified atom stereocenters. The molecule has 0 bridgehead atoms. The van der Waals surface area contributed by atoms with Crippen molar-refractivity contribution in [2.24, 2.45) is 5.92 Å². The number of nitrogens with one attached hydrogen (secondary N) is 1. The van der Waals surface area contributed by atoms with Crippen molar-refractivity contribution in [1.29, 1.82) is 0 Å². The summed E-state index contributed by atoms with van der Waals surface area (Å²) in [5, 5.41) is 17.1. The Kier molecular flexibility index (Phi) is 6.79. The fourth-order valence-electron chi connectivity index (χ4n) is 4.87. The molecule has 1 aliphatic carbocycles. The second-order valence-corrected chi connectivity index (χ2v) is 9.90. The Morgan fingerprint density at radius 3 is 2.76 bits per heavy atom. The molecule has 1 atom stereocenters. The Bertz CT molecular complexity index is 1490. The highest BCUT2D eigenvalue weighted by Crippen LogP contribution is 2.35. The summed E-state index contributed by atoms with van der Waals surface area (Å²) in [5.41, 5.74) is 4.72. The largest absolute Gasteiger partial charge is 0.479 e. The number of pyridine rings is 2. The maximum Gasteiger partial charge on any atom is 0.164 e. The van der Waals surface area contributed by atoms with Crippen LogP contribution >= 0.6 is 0 Å². The molecule has 2 fully saturated rings. The molecule has 38 heavy (non-hydrogen) atoms. The minimum Gasteiger partial charge on any atom is -0.479 e. The molecule has 1 aliphatic heterocycles. The molecule has 4 aromatic rings. The van der Waals surface area contributed by atoms with Crippen molar-refractivity contribution in [3.63, 3.8) is 0 Å². The van der Waals surface area contributed by atoms with Gasteiger partial charge >= 0.3 is 0 Å². The van der Waals surface area contributed by atoms with Crippen LogP contribution in [-0.2, 0) is 4.74 Å². The lowest BCUT2D eigenvalue weighted by atomic mass is 10.1. The molecule has 9 nitrogen and oxygen atoms in total. The van der Waals surface area contributed by atoms with Crippen molar-refractivity contribution in [1.82, 2.24) is 34.9 Å². The Balaban J connectivity index is 1.43. The zero-order chi connectivity index (χ0) is 26.1. The Labute approximate surface area is 220 Å². The molecule has 10 heteroatoms. The van der Waals surface area contributed by atoms with Crippen LogP contribution in [0.15, 0.2) is 36.8 Å². The molecule has 0 amide bonds. The van der Waals surface area contributed by atoms with Gasteiger partial charge in [-0.25, -0.2) is 13.6 Å². The van der Waals surface area contributed by atoms with Gasteiger partial charge < -0.3 is 14.8 Å². The van der Waals surface area contributed by atoms with Crippen molar-refractivity contribution >= 4 is 5.52 Å². The number of halogens is 1. The van der Waals surface area contributed by atoms with Crippen molar-refractivity contribution in [3.8, 4) is 28.8 Å². The molecular weight excluding hydrogens is 485 g/mol. The topological polar surface area (TPSA) is 91.4 Å². The normalized spacial score (nSPS) is 16.8. The maximum absolute atomic E-state index is 13.6. The van der Waals surface area contributed by atoms with E-state index in [4.69, 9.17) is 9.47 Å². The van der Waals surface area contributed by atoms with E-state index in [1.807, 2.05) is 23.9 Å². The van der Waals surface area contributed by atoms with Crippen molar-refractivity contribution < 1.29 is 13.9 Å².